The van der Waals surface area contributed by atoms with Crippen LogP contribution in [-0.2, 0) is 19.1 Å². The third kappa shape index (κ3) is 3.83. The number of ketones is 2. The van der Waals surface area contributed by atoms with Crippen LogP contribution in [-0.4, -0.2) is 34.3 Å². The maximum Gasteiger partial charge on any atom is 0.306 e. The average Bonchev–Trinajstić information content (AvgIpc) is 3.04. The fraction of sp³-hybridized carbons (Fsp3) is 0.821. The predicted molar refractivity (Wildman–Crippen MR) is 126 cm³/mol. The summed E-state index contributed by atoms with van der Waals surface area (Å²) in [5, 5.41) is 11.4. The second kappa shape index (κ2) is 8.94. The molecule has 184 valence electrons. The van der Waals surface area contributed by atoms with Gasteiger partial charge in [0.05, 0.1) is 0 Å². The average molecular weight is 459 g/mol. The normalized spacial score (nSPS) is 42.1. The summed E-state index contributed by atoms with van der Waals surface area (Å²) < 4.78 is 6.08. The molecule has 0 bridgehead atoms. The van der Waals surface area contributed by atoms with Crippen LogP contribution < -0.4 is 0 Å². The first kappa shape index (κ1) is 24.6. The Balaban J connectivity index is 1.58. The number of ether oxygens (including phenoxy) is 1. The van der Waals surface area contributed by atoms with E-state index >= 15 is 0 Å². The van der Waals surface area contributed by atoms with Gasteiger partial charge < -0.3 is 9.84 Å². The monoisotopic (exact) mass is 458 g/mol. The molecule has 0 aromatic rings. The van der Waals surface area contributed by atoms with Gasteiger partial charge >= 0.3 is 5.97 Å². The first-order valence-electron chi connectivity index (χ1n) is 13.2. The summed E-state index contributed by atoms with van der Waals surface area (Å²) >= 11 is 0. The molecular weight excluding hydrogens is 416 g/mol. The zero-order valence-corrected chi connectivity index (χ0v) is 21.0. The molecular formula is C28H42O5. The van der Waals surface area contributed by atoms with Crippen LogP contribution in [0.15, 0.2) is 11.6 Å². The van der Waals surface area contributed by atoms with E-state index in [0.29, 0.717) is 24.7 Å². The Hall–Kier alpha value is -1.49. The number of rotatable bonds is 7. The van der Waals surface area contributed by atoms with Crippen LogP contribution in [0.5, 0.6) is 0 Å². The maximum atomic E-state index is 12.7. The summed E-state index contributed by atoms with van der Waals surface area (Å²) in [6.45, 7) is 8.02. The summed E-state index contributed by atoms with van der Waals surface area (Å²) in [5.41, 5.74) is -0.818. The quantitative estimate of drug-likeness (QED) is 0.412. The van der Waals surface area contributed by atoms with Gasteiger partial charge in [0, 0.05) is 23.7 Å². The van der Waals surface area contributed by atoms with E-state index in [1.54, 1.807) is 0 Å². The molecule has 5 nitrogen and oxygen atoms in total. The number of fused-ring (bicyclic) bond motifs is 5. The van der Waals surface area contributed by atoms with Gasteiger partial charge in [0.1, 0.15) is 11.7 Å². The number of aliphatic hydroxyl groups is 1. The van der Waals surface area contributed by atoms with E-state index in [0.717, 1.165) is 63.4 Å². The predicted octanol–water partition coefficient (Wildman–Crippen LogP) is 5.33. The molecule has 4 aliphatic carbocycles. The van der Waals surface area contributed by atoms with Gasteiger partial charge in [-0.2, -0.15) is 0 Å². The van der Waals surface area contributed by atoms with Gasteiger partial charge in [0.15, 0.2) is 11.6 Å². The molecule has 1 N–H and O–H groups in total. The van der Waals surface area contributed by atoms with E-state index in [1.165, 1.54) is 6.92 Å². The molecule has 0 saturated heterocycles. The molecule has 0 radical (unpaired) electrons. The second-order valence-corrected chi connectivity index (χ2v) is 11.7. The zero-order chi connectivity index (χ0) is 24.0. The molecule has 3 fully saturated rings. The lowest BCUT2D eigenvalue weighted by molar-refractivity contribution is -0.174. The first-order chi connectivity index (χ1) is 15.6. The smallest absolute Gasteiger partial charge is 0.306 e. The van der Waals surface area contributed by atoms with Crippen molar-refractivity contribution in [2.24, 2.45) is 28.6 Å². The van der Waals surface area contributed by atoms with Crippen molar-refractivity contribution in [1.29, 1.82) is 0 Å². The molecule has 0 spiro atoms. The summed E-state index contributed by atoms with van der Waals surface area (Å²) in [7, 11) is 0. The number of carbonyl (C=O) groups is 3. The minimum atomic E-state index is -1.23. The SMILES string of the molecule is CCCCCCC(=O)OC1CC(=O)C=C2CC[C@@H]3[C@@H]4CC[C@@](O)(C(C)=O)[C@@]4(C)CC[C@@H]3[C@]21C. The highest BCUT2D eigenvalue weighted by Crippen LogP contribution is 2.67. The zero-order valence-electron chi connectivity index (χ0n) is 21.0. The second-order valence-electron chi connectivity index (χ2n) is 11.7. The van der Waals surface area contributed by atoms with E-state index in [4.69, 9.17) is 4.74 Å². The van der Waals surface area contributed by atoms with E-state index in [9.17, 15) is 19.5 Å². The summed E-state index contributed by atoms with van der Waals surface area (Å²) in [5.74, 6) is 0.741. The molecule has 33 heavy (non-hydrogen) atoms. The number of unbranched alkanes of at least 4 members (excludes halogenated alkanes) is 3. The summed E-state index contributed by atoms with van der Waals surface area (Å²) in [6.07, 6.45) is 11.1. The number of hydrogen-bond acceptors (Lipinski definition) is 5. The van der Waals surface area contributed by atoms with Crippen LogP contribution in [0.1, 0.15) is 105 Å². The van der Waals surface area contributed by atoms with Crippen LogP contribution in [0.2, 0.25) is 0 Å². The van der Waals surface area contributed by atoms with Crippen LogP contribution in [0, 0.1) is 28.6 Å². The van der Waals surface area contributed by atoms with Gasteiger partial charge in [-0.1, -0.05) is 45.6 Å². The molecule has 7 atom stereocenters. The van der Waals surface area contributed by atoms with Crippen LogP contribution in [0.3, 0.4) is 0 Å². The Morgan fingerprint density at radius 1 is 1.09 bits per heavy atom. The third-order valence-corrected chi connectivity index (χ3v) is 10.3. The topological polar surface area (TPSA) is 80.7 Å². The summed E-state index contributed by atoms with van der Waals surface area (Å²) in [6, 6.07) is 0. The molecule has 0 aliphatic heterocycles. The van der Waals surface area contributed by atoms with Crippen molar-refractivity contribution in [3.05, 3.63) is 11.6 Å². The molecule has 5 heteroatoms. The van der Waals surface area contributed by atoms with Gasteiger partial charge in [0.25, 0.3) is 0 Å². The minimum Gasteiger partial charge on any atom is -0.461 e. The highest BCUT2D eigenvalue weighted by Gasteiger charge is 2.66. The van der Waals surface area contributed by atoms with E-state index in [2.05, 4.69) is 20.8 Å². The van der Waals surface area contributed by atoms with Gasteiger partial charge in [0.2, 0.25) is 0 Å². The lowest BCUT2D eigenvalue weighted by atomic mass is 9.45. The van der Waals surface area contributed by atoms with Gasteiger partial charge in [-0.15, -0.1) is 0 Å². The van der Waals surface area contributed by atoms with Gasteiger partial charge in [-0.3, -0.25) is 14.4 Å². The Bertz CT molecular complexity index is 845. The highest BCUT2D eigenvalue weighted by atomic mass is 16.5. The van der Waals surface area contributed by atoms with Crippen LogP contribution in [0.4, 0.5) is 0 Å². The van der Waals surface area contributed by atoms with Gasteiger partial charge in [-0.25, -0.2) is 0 Å². The number of hydrogen-bond donors (Lipinski definition) is 1. The number of Topliss-reactive ketones (excluding diaryl/α,β-unsaturated/α-hetero) is 1. The lowest BCUT2D eigenvalue weighted by Crippen LogP contribution is -2.59. The fourth-order valence-corrected chi connectivity index (χ4v) is 8.26. The lowest BCUT2D eigenvalue weighted by Gasteiger charge is -2.60. The van der Waals surface area contributed by atoms with Crippen LogP contribution in [0.25, 0.3) is 0 Å². The standard InChI is InChI=1S/C28H42O5/c1-5-6-7-8-9-25(31)33-24-17-20(30)16-19-10-11-21-22-13-15-28(32,18(2)29)26(22,3)14-12-23(21)27(19,24)4/h16,21-24,32H,5-15,17H2,1-4H3/t21-,22+,23+,24?,26+,27+,28-/m1/s1. The van der Waals surface area contributed by atoms with E-state index < -0.39 is 17.1 Å². The molecule has 0 amide bonds. The Morgan fingerprint density at radius 2 is 1.82 bits per heavy atom. The molecule has 4 aliphatic rings. The molecule has 0 heterocycles. The highest BCUT2D eigenvalue weighted by molar-refractivity contribution is 5.92. The van der Waals surface area contributed by atoms with E-state index in [-0.39, 0.29) is 35.3 Å². The Morgan fingerprint density at radius 3 is 2.52 bits per heavy atom. The molecule has 0 aromatic carbocycles. The van der Waals surface area contributed by atoms with E-state index in [1.807, 2.05) is 6.08 Å². The molecule has 0 aromatic heterocycles. The Kier molecular flexibility index (Phi) is 6.67. The fourth-order valence-electron chi connectivity index (χ4n) is 8.26. The summed E-state index contributed by atoms with van der Waals surface area (Å²) in [4.78, 5) is 37.8. The molecule has 1 unspecified atom stereocenters. The van der Waals surface area contributed by atoms with Crippen LogP contribution >= 0.6 is 0 Å². The maximum absolute atomic E-state index is 12.7. The van der Waals surface area contributed by atoms with Crippen molar-refractivity contribution in [2.45, 2.75) is 116 Å². The van der Waals surface area contributed by atoms with Crippen molar-refractivity contribution in [1.82, 2.24) is 0 Å². The van der Waals surface area contributed by atoms with Crippen molar-refractivity contribution in [3.63, 3.8) is 0 Å². The van der Waals surface area contributed by atoms with Crippen molar-refractivity contribution < 1.29 is 24.2 Å². The first-order valence-corrected chi connectivity index (χ1v) is 13.2. The number of carbonyl (C=O) groups excluding carboxylic acids is 3. The largest absolute Gasteiger partial charge is 0.461 e. The third-order valence-electron chi connectivity index (χ3n) is 10.3. The number of esters is 1. The molecule has 3 saturated carbocycles. The minimum absolute atomic E-state index is 0.0668. The van der Waals surface area contributed by atoms with Crippen molar-refractivity contribution in [2.75, 3.05) is 0 Å². The Labute approximate surface area is 198 Å². The molecule has 4 rings (SSSR count). The van der Waals surface area contributed by atoms with Gasteiger partial charge in [-0.05, 0) is 75.7 Å². The van der Waals surface area contributed by atoms with Crippen molar-refractivity contribution in [3.8, 4) is 0 Å². The van der Waals surface area contributed by atoms with Crippen molar-refractivity contribution >= 4 is 17.5 Å².